The second-order valence-corrected chi connectivity index (χ2v) is 5.18. The van der Waals surface area contributed by atoms with Crippen LogP contribution in [0.2, 0.25) is 0 Å². The van der Waals surface area contributed by atoms with Gasteiger partial charge in [0.25, 0.3) is 0 Å². The topological polar surface area (TPSA) is 83.6 Å². The molecule has 1 saturated heterocycles. The van der Waals surface area contributed by atoms with Gasteiger partial charge < -0.3 is 15.7 Å². The Labute approximate surface area is 99.4 Å². The Hall–Kier alpha value is -0.750. The van der Waals surface area contributed by atoms with Gasteiger partial charge in [-0.15, -0.1) is 11.8 Å². The number of carboxylic acid groups (broad SMARTS) is 1. The Balaban J connectivity index is 2.84. The monoisotopic (exact) mass is 246 g/mol. The number of thioether (sulfide) groups is 1. The number of amides is 1. The summed E-state index contributed by atoms with van der Waals surface area (Å²) in [6.07, 6.45) is 1.74. The van der Waals surface area contributed by atoms with Crippen LogP contribution in [0.5, 0.6) is 0 Å². The van der Waals surface area contributed by atoms with Crippen LogP contribution in [0.3, 0.4) is 0 Å². The van der Waals surface area contributed by atoms with Crippen LogP contribution in [0.1, 0.15) is 26.7 Å². The molecular weight excluding hydrogens is 228 g/mol. The molecule has 2 unspecified atom stereocenters. The average Bonchev–Trinajstić information content (AvgIpc) is 2.61. The minimum Gasteiger partial charge on any atom is -0.480 e. The van der Waals surface area contributed by atoms with Gasteiger partial charge in [0.2, 0.25) is 5.91 Å². The van der Waals surface area contributed by atoms with Crippen LogP contribution in [-0.4, -0.2) is 45.1 Å². The second kappa shape index (κ2) is 5.54. The number of nitrogens with zero attached hydrogens (tertiary/aromatic N) is 1. The molecule has 0 aromatic carbocycles. The molecule has 92 valence electrons. The van der Waals surface area contributed by atoms with Crippen molar-refractivity contribution in [2.24, 2.45) is 5.73 Å². The van der Waals surface area contributed by atoms with Crippen molar-refractivity contribution in [1.29, 1.82) is 0 Å². The smallest absolute Gasteiger partial charge is 0.327 e. The number of carboxylic acids is 1. The quantitative estimate of drug-likeness (QED) is 0.754. The number of carbonyl (C=O) groups is 2. The zero-order chi connectivity index (χ0) is 12.3. The van der Waals surface area contributed by atoms with Crippen LogP contribution in [-0.2, 0) is 9.59 Å². The largest absolute Gasteiger partial charge is 0.480 e. The van der Waals surface area contributed by atoms with E-state index in [1.54, 1.807) is 6.92 Å². The molecule has 0 spiro atoms. The van der Waals surface area contributed by atoms with Crippen LogP contribution in [0.4, 0.5) is 0 Å². The van der Waals surface area contributed by atoms with Gasteiger partial charge in [0.05, 0.1) is 11.4 Å². The van der Waals surface area contributed by atoms with Crippen LogP contribution < -0.4 is 5.73 Å². The lowest BCUT2D eigenvalue weighted by Gasteiger charge is -2.28. The highest BCUT2D eigenvalue weighted by atomic mass is 32.2. The maximum Gasteiger partial charge on any atom is 0.327 e. The fourth-order valence-electron chi connectivity index (χ4n) is 1.75. The molecule has 0 aromatic heterocycles. The lowest BCUT2D eigenvalue weighted by Crippen LogP contribution is -2.51. The summed E-state index contributed by atoms with van der Waals surface area (Å²) >= 11 is 1.53. The van der Waals surface area contributed by atoms with Crippen molar-refractivity contribution in [1.82, 2.24) is 4.90 Å². The van der Waals surface area contributed by atoms with E-state index in [0.29, 0.717) is 5.75 Å². The molecule has 1 aliphatic rings. The number of aliphatic carboxylic acids is 1. The first-order valence-electron chi connectivity index (χ1n) is 5.41. The predicted molar refractivity (Wildman–Crippen MR) is 63.1 cm³/mol. The number of hydrogen-bond donors (Lipinski definition) is 2. The molecule has 5 nitrogen and oxygen atoms in total. The molecule has 6 heteroatoms. The third kappa shape index (κ3) is 2.68. The van der Waals surface area contributed by atoms with Crippen molar-refractivity contribution in [3.8, 4) is 0 Å². The Morgan fingerprint density at radius 1 is 1.62 bits per heavy atom. The highest BCUT2D eigenvalue weighted by Crippen LogP contribution is 2.32. The Morgan fingerprint density at radius 2 is 2.25 bits per heavy atom. The SMILES string of the molecule is CCCC1SCC(C(=O)O)N1C(=O)[C@H](C)N. The van der Waals surface area contributed by atoms with Crippen LogP contribution in [0.15, 0.2) is 0 Å². The molecule has 0 radical (unpaired) electrons. The van der Waals surface area contributed by atoms with Gasteiger partial charge in [-0.05, 0) is 13.3 Å². The van der Waals surface area contributed by atoms with Gasteiger partial charge in [0, 0.05) is 5.75 Å². The molecule has 1 amide bonds. The van der Waals surface area contributed by atoms with E-state index in [1.165, 1.54) is 16.7 Å². The average molecular weight is 246 g/mol. The van der Waals surface area contributed by atoms with E-state index in [1.807, 2.05) is 6.92 Å². The van der Waals surface area contributed by atoms with Gasteiger partial charge in [-0.1, -0.05) is 13.3 Å². The van der Waals surface area contributed by atoms with Crippen molar-refractivity contribution >= 4 is 23.6 Å². The molecule has 0 saturated carbocycles. The van der Waals surface area contributed by atoms with Crippen molar-refractivity contribution < 1.29 is 14.7 Å². The number of hydrogen-bond acceptors (Lipinski definition) is 4. The first-order chi connectivity index (χ1) is 7.49. The van der Waals surface area contributed by atoms with Crippen molar-refractivity contribution in [2.75, 3.05) is 5.75 Å². The third-order valence-corrected chi connectivity index (χ3v) is 3.91. The van der Waals surface area contributed by atoms with Crippen molar-refractivity contribution in [2.45, 2.75) is 44.1 Å². The first-order valence-corrected chi connectivity index (χ1v) is 6.46. The van der Waals surface area contributed by atoms with Crippen molar-refractivity contribution in [3.05, 3.63) is 0 Å². The lowest BCUT2D eigenvalue weighted by atomic mass is 10.2. The molecule has 3 atom stereocenters. The molecule has 1 heterocycles. The minimum atomic E-state index is -0.944. The number of nitrogens with two attached hydrogens (primary N) is 1. The Bertz CT molecular complexity index is 283. The van der Waals surface area contributed by atoms with E-state index in [9.17, 15) is 9.59 Å². The molecule has 1 rings (SSSR count). The normalized spacial score (nSPS) is 26.8. The summed E-state index contributed by atoms with van der Waals surface area (Å²) in [5, 5.41) is 9.01. The Kier molecular flexibility index (Phi) is 4.61. The maximum absolute atomic E-state index is 11.9. The lowest BCUT2D eigenvalue weighted by molar-refractivity contribution is -0.149. The second-order valence-electron chi connectivity index (χ2n) is 3.96. The van der Waals surface area contributed by atoms with E-state index in [4.69, 9.17) is 10.8 Å². The van der Waals surface area contributed by atoms with Crippen LogP contribution in [0, 0.1) is 0 Å². The zero-order valence-electron chi connectivity index (χ0n) is 9.55. The standard InChI is InChI=1S/C10H18N2O3S/c1-3-4-8-12(9(13)6(2)11)7(5-16-8)10(14)15/h6-8H,3-5,11H2,1-2H3,(H,14,15)/t6-,7?,8?/m0/s1. The molecule has 3 N–H and O–H groups in total. The highest BCUT2D eigenvalue weighted by molar-refractivity contribution is 8.00. The maximum atomic E-state index is 11.9. The number of carbonyl (C=O) groups excluding carboxylic acids is 1. The van der Waals surface area contributed by atoms with Gasteiger partial charge in [-0.3, -0.25) is 4.79 Å². The van der Waals surface area contributed by atoms with Crippen LogP contribution >= 0.6 is 11.8 Å². The summed E-state index contributed by atoms with van der Waals surface area (Å²) in [6.45, 7) is 3.61. The molecule has 16 heavy (non-hydrogen) atoms. The van der Waals surface area contributed by atoms with E-state index in [0.717, 1.165) is 12.8 Å². The summed E-state index contributed by atoms with van der Waals surface area (Å²) in [6, 6.07) is -1.36. The molecule has 0 bridgehead atoms. The zero-order valence-corrected chi connectivity index (χ0v) is 10.4. The molecule has 1 aliphatic heterocycles. The van der Waals surface area contributed by atoms with E-state index in [-0.39, 0.29) is 11.3 Å². The highest BCUT2D eigenvalue weighted by Gasteiger charge is 2.41. The summed E-state index contributed by atoms with van der Waals surface area (Å²) in [7, 11) is 0. The molecular formula is C10H18N2O3S. The number of rotatable bonds is 4. The first kappa shape index (κ1) is 13.3. The van der Waals surface area contributed by atoms with Crippen LogP contribution in [0.25, 0.3) is 0 Å². The summed E-state index contributed by atoms with van der Waals surface area (Å²) in [5.41, 5.74) is 5.54. The fourth-order valence-corrected chi connectivity index (χ4v) is 3.28. The van der Waals surface area contributed by atoms with Gasteiger partial charge >= 0.3 is 5.97 Å². The molecule has 1 fully saturated rings. The van der Waals surface area contributed by atoms with Gasteiger partial charge in [0.1, 0.15) is 6.04 Å². The summed E-state index contributed by atoms with van der Waals surface area (Å²) in [5.74, 6) is -0.755. The fraction of sp³-hybridized carbons (Fsp3) is 0.800. The molecule has 0 aromatic rings. The predicted octanol–water partition coefficient (Wildman–Crippen LogP) is 0.488. The Morgan fingerprint density at radius 3 is 2.69 bits per heavy atom. The summed E-state index contributed by atoms with van der Waals surface area (Å²) < 4.78 is 0. The van der Waals surface area contributed by atoms with E-state index >= 15 is 0 Å². The van der Waals surface area contributed by atoms with Gasteiger partial charge in [-0.25, -0.2) is 4.79 Å². The van der Waals surface area contributed by atoms with Gasteiger partial charge in [0.15, 0.2) is 0 Å². The van der Waals surface area contributed by atoms with E-state index < -0.39 is 18.1 Å². The van der Waals surface area contributed by atoms with E-state index in [2.05, 4.69) is 0 Å². The third-order valence-electron chi connectivity index (χ3n) is 2.56. The summed E-state index contributed by atoms with van der Waals surface area (Å²) in [4.78, 5) is 24.4. The minimum absolute atomic E-state index is 0.0374. The molecule has 0 aliphatic carbocycles. The van der Waals surface area contributed by atoms with Crippen molar-refractivity contribution in [3.63, 3.8) is 0 Å². The van der Waals surface area contributed by atoms with Gasteiger partial charge in [-0.2, -0.15) is 0 Å².